The van der Waals surface area contributed by atoms with Crippen LogP contribution in [0, 0.1) is 6.92 Å². The number of nitrogen functional groups attached to an aromatic ring is 1. The second kappa shape index (κ2) is 6.75. The van der Waals surface area contributed by atoms with Crippen LogP contribution in [-0.2, 0) is 4.79 Å². The van der Waals surface area contributed by atoms with Gasteiger partial charge in [0.1, 0.15) is 0 Å². The molecule has 0 bridgehead atoms. The number of aryl methyl sites for hydroxylation is 1. The Labute approximate surface area is 125 Å². The summed E-state index contributed by atoms with van der Waals surface area (Å²) < 4.78 is 0. The van der Waals surface area contributed by atoms with Crippen LogP contribution in [0.25, 0.3) is 6.08 Å². The van der Waals surface area contributed by atoms with Gasteiger partial charge in [-0.3, -0.25) is 4.79 Å². The molecule has 0 unspecified atom stereocenters. The molecule has 108 valence electrons. The predicted molar refractivity (Wildman–Crippen MR) is 87.6 cm³/mol. The van der Waals surface area contributed by atoms with Gasteiger partial charge >= 0.3 is 0 Å². The first-order valence-corrected chi connectivity index (χ1v) is 6.95. The molecule has 3 N–H and O–H groups in total. The van der Waals surface area contributed by atoms with E-state index < -0.39 is 0 Å². The van der Waals surface area contributed by atoms with Crippen molar-refractivity contribution in [2.24, 2.45) is 0 Å². The van der Waals surface area contributed by atoms with Crippen molar-refractivity contribution in [1.29, 1.82) is 0 Å². The van der Waals surface area contributed by atoms with Gasteiger partial charge in [0.05, 0.1) is 6.04 Å². The maximum absolute atomic E-state index is 11.9. The molecule has 3 heteroatoms. The minimum atomic E-state index is -0.119. The van der Waals surface area contributed by atoms with Crippen LogP contribution >= 0.6 is 0 Å². The smallest absolute Gasteiger partial charge is 0.244 e. The monoisotopic (exact) mass is 280 g/mol. The van der Waals surface area contributed by atoms with E-state index in [0.717, 1.165) is 11.1 Å². The van der Waals surface area contributed by atoms with Gasteiger partial charge in [-0.1, -0.05) is 42.0 Å². The number of anilines is 1. The number of amides is 1. The Bertz CT molecular complexity index is 662. The fraction of sp³-hybridized carbons (Fsp3) is 0.167. The fourth-order valence-electron chi connectivity index (χ4n) is 2.12. The third-order valence-electron chi connectivity index (χ3n) is 3.24. The number of benzene rings is 2. The average molecular weight is 280 g/mol. The van der Waals surface area contributed by atoms with Crippen LogP contribution < -0.4 is 11.1 Å². The van der Waals surface area contributed by atoms with Gasteiger partial charge in [0, 0.05) is 11.8 Å². The molecule has 0 heterocycles. The molecule has 2 rings (SSSR count). The van der Waals surface area contributed by atoms with Gasteiger partial charge in [-0.2, -0.15) is 0 Å². The molecule has 0 fully saturated rings. The van der Waals surface area contributed by atoms with Crippen molar-refractivity contribution in [3.8, 4) is 0 Å². The van der Waals surface area contributed by atoms with Gasteiger partial charge in [0.25, 0.3) is 0 Å². The third-order valence-corrected chi connectivity index (χ3v) is 3.24. The van der Waals surface area contributed by atoms with Gasteiger partial charge in [-0.05, 0) is 43.2 Å². The molecule has 2 aromatic carbocycles. The first-order valence-electron chi connectivity index (χ1n) is 6.95. The van der Waals surface area contributed by atoms with E-state index in [1.165, 1.54) is 11.6 Å². The molecule has 3 nitrogen and oxygen atoms in total. The zero-order chi connectivity index (χ0) is 15.2. The van der Waals surface area contributed by atoms with Crippen LogP contribution in [0.3, 0.4) is 0 Å². The predicted octanol–water partition coefficient (Wildman–Crippen LogP) is 3.47. The van der Waals surface area contributed by atoms with E-state index in [4.69, 9.17) is 5.73 Å². The second-order valence-corrected chi connectivity index (χ2v) is 5.15. The van der Waals surface area contributed by atoms with Gasteiger partial charge < -0.3 is 11.1 Å². The minimum Gasteiger partial charge on any atom is -0.399 e. The Morgan fingerprint density at radius 1 is 1.19 bits per heavy atom. The highest BCUT2D eigenvalue weighted by atomic mass is 16.1. The summed E-state index contributed by atoms with van der Waals surface area (Å²) in [6, 6.07) is 15.5. The van der Waals surface area contributed by atoms with Gasteiger partial charge in [0.15, 0.2) is 0 Å². The molecule has 0 aromatic heterocycles. The Balaban J connectivity index is 1.98. The quantitative estimate of drug-likeness (QED) is 0.665. The van der Waals surface area contributed by atoms with E-state index in [2.05, 4.69) is 11.4 Å². The van der Waals surface area contributed by atoms with Gasteiger partial charge in [0.2, 0.25) is 5.91 Å². The third kappa shape index (κ3) is 4.49. The normalized spacial score (nSPS) is 12.3. The van der Waals surface area contributed by atoms with Crippen LogP contribution in [0.15, 0.2) is 54.6 Å². The van der Waals surface area contributed by atoms with E-state index in [0.29, 0.717) is 5.69 Å². The van der Waals surface area contributed by atoms with Crippen molar-refractivity contribution in [1.82, 2.24) is 5.32 Å². The number of rotatable bonds is 4. The van der Waals surface area contributed by atoms with Crippen molar-refractivity contribution in [3.63, 3.8) is 0 Å². The highest BCUT2D eigenvalue weighted by Gasteiger charge is 2.07. The van der Waals surface area contributed by atoms with E-state index in [9.17, 15) is 4.79 Å². The molecular weight excluding hydrogens is 260 g/mol. The molecule has 1 amide bonds. The summed E-state index contributed by atoms with van der Waals surface area (Å²) in [5.74, 6) is -0.119. The van der Waals surface area contributed by atoms with Crippen LogP contribution in [0.4, 0.5) is 5.69 Å². The molecule has 0 radical (unpaired) electrons. The van der Waals surface area contributed by atoms with E-state index in [1.54, 1.807) is 6.08 Å². The summed E-state index contributed by atoms with van der Waals surface area (Å²) >= 11 is 0. The maximum Gasteiger partial charge on any atom is 0.244 e. The standard InChI is InChI=1S/C18H20N2O/c1-13-5-3-7-16(11-13)14(2)20-18(21)10-9-15-6-4-8-17(19)12-15/h3-12,14H,19H2,1-2H3,(H,20,21)/b10-9+/t14-/m0/s1. The van der Waals surface area contributed by atoms with Crippen LogP contribution in [0.2, 0.25) is 0 Å². The van der Waals surface area contributed by atoms with Crippen molar-refractivity contribution in [3.05, 3.63) is 71.3 Å². The molecule has 2 aromatic rings. The number of nitrogens with two attached hydrogens (primary N) is 1. The van der Waals surface area contributed by atoms with E-state index in [-0.39, 0.29) is 11.9 Å². The summed E-state index contributed by atoms with van der Waals surface area (Å²) in [6.07, 6.45) is 3.29. The zero-order valence-corrected chi connectivity index (χ0v) is 12.3. The topological polar surface area (TPSA) is 55.1 Å². The van der Waals surface area contributed by atoms with Crippen LogP contribution in [0.1, 0.15) is 29.7 Å². The largest absolute Gasteiger partial charge is 0.399 e. The maximum atomic E-state index is 11.9. The molecule has 0 spiro atoms. The Hall–Kier alpha value is -2.55. The zero-order valence-electron chi connectivity index (χ0n) is 12.3. The molecule has 0 aliphatic heterocycles. The molecule has 1 atom stereocenters. The summed E-state index contributed by atoms with van der Waals surface area (Å²) in [5.41, 5.74) is 9.58. The van der Waals surface area contributed by atoms with Gasteiger partial charge in [-0.25, -0.2) is 0 Å². The number of carbonyl (C=O) groups excluding carboxylic acids is 1. The van der Waals surface area contributed by atoms with Crippen molar-refractivity contribution in [2.45, 2.75) is 19.9 Å². The first-order chi connectivity index (χ1) is 10.0. The van der Waals surface area contributed by atoms with Crippen LogP contribution in [-0.4, -0.2) is 5.91 Å². The SMILES string of the molecule is Cc1cccc([C@H](C)NC(=O)/C=C/c2cccc(N)c2)c1. The van der Waals surface area contributed by atoms with Crippen molar-refractivity contribution >= 4 is 17.7 Å². The lowest BCUT2D eigenvalue weighted by molar-refractivity contribution is -0.117. The molecule has 0 saturated heterocycles. The molecule has 0 aliphatic carbocycles. The number of hydrogen-bond acceptors (Lipinski definition) is 2. The summed E-state index contributed by atoms with van der Waals surface area (Å²) in [7, 11) is 0. The average Bonchev–Trinajstić information content (AvgIpc) is 2.45. The van der Waals surface area contributed by atoms with Crippen molar-refractivity contribution < 1.29 is 4.79 Å². The lowest BCUT2D eigenvalue weighted by Gasteiger charge is -2.13. The minimum absolute atomic E-state index is 0.0251. The summed E-state index contributed by atoms with van der Waals surface area (Å²) in [6.45, 7) is 4.01. The highest BCUT2D eigenvalue weighted by molar-refractivity contribution is 5.92. The Kier molecular flexibility index (Phi) is 4.77. The molecule has 21 heavy (non-hydrogen) atoms. The Morgan fingerprint density at radius 3 is 2.67 bits per heavy atom. The Morgan fingerprint density at radius 2 is 1.95 bits per heavy atom. The first kappa shape index (κ1) is 14.9. The number of hydrogen-bond donors (Lipinski definition) is 2. The van der Waals surface area contributed by atoms with Gasteiger partial charge in [-0.15, -0.1) is 0 Å². The lowest BCUT2D eigenvalue weighted by Crippen LogP contribution is -2.24. The molecule has 0 aliphatic rings. The number of carbonyl (C=O) groups is 1. The summed E-state index contributed by atoms with van der Waals surface area (Å²) in [5, 5.41) is 2.95. The molecule has 0 saturated carbocycles. The second-order valence-electron chi connectivity index (χ2n) is 5.15. The molecular formula is C18H20N2O. The van der Waals surface area contributed by atoms with E-state index in [1.807, 2.05) is 56.3 Å². The lowest BCUT2D eigenvalue weighted by atomic mass is 10.1. The van der Waals surface area contributed by atoms with Crippen molar-refractivity contribution in [2.75, 3.05) is 5.73 Å². The number of nitrogens with one attached hydrogen (secondary N) is 1. The summed E-state index contributed by atoms with van der Waals surface area (Å²) in [4.78, 5) is 11.9. The highest BCUT2D eigenvalue weighted by Crippen LogP contribution is 2.14. The van der Waals surface area contributed by atoms with Crippen LogP contribution in [0.5, 0.6) is 0 Å². The van der Waals surface area contributed by atoms with E-state index >= 15 is 0 Å². The fourth-order valence-corrected chi connectivity index (χ4v) is 2.12.